The number of hydrogen-bond acceptors (Lipinski definition) is 5. The maximum absolute atomic E-state index is 11.7. The lowest BCUT2D eigenvalue weighted by Gasteiger charge is -2.05. The van der Waals surface area contributed by atoms with Crippen molar-refractivity contribution in [3.8, 4) is 0 Å². The topological polar surface area (TPSA) is 92.7 Å². The summed E-state index contributed by atoms with van der Waals surface area (Å²) < 4.78 is 1.78. The molecule has 1 amide bonds. The Morgan fingerprint density at radius 1 is 1.52 bits per heavy atom. The molecule has 0 atom stereocenters. The first-order valence-corrected chi connectivity index (χ1v) is 7.47. The van der Waals surface area contributed by atoms with E-state index >= 15 is 0 Å². The second kappa shape index (κ2) is 7.07. The van der Waals surface area contributed by atoms with Gasteiger partial charge in [0.15, 0.2) is 5.16 Å². The van der Waals surface area contributed by atoms with Crippen LogP contribution in [0, 0.1) is 6.92 Å². The van der Waals surface area contributed by atoms with Crippen LogP contribution < -0.4 is 10.9 Å². The molecule has 0 bridgehead atoms. The lowest BCUT2D eigenvalue weighted by atomic mass is 10.3. The van der Waals surface area contributed by atoms with Crippen LogP contribution in [0.5, 0.6) is 0 Å². The Morgan fingerprint density at radius 2 is 2.33 bits per heavy atom. The Labute approximate surface area is 126 Å². The van der Waals surface area contributed by atoms with Gasteiger partial charge in [0.2, 0.25) is 5.91 Å². The highest BCUT2D eigenvalue weighted by Gasteiger charge is 2.06. The molecule has 21 heavy (non-hydrogen) atoms. The van der Waals surface area contributed by atoms with E-state index in [2.05, 4.69) is 20.4 Å². The fourth-order valence-corrected chi connectivity index (χ4v) is 2.53. The number of aryl methyl sites for hydroxylation is 2. The molecule has 0 spiro atoms. The van der Waals surface area contributed by atoms with E-state index in [1.165, 1.54) is 17.8 Å². The van der Waals surface area contributed by atoms with Crippen molar-refractivity contribution in [3.05, 3.63) is 40.1 Å². The number of aromatic amines is 1. The van der Waals surface area contributed by atoms with Crippen LogP contribution in [-0.4, -0.2) is 38.0 Å². The molecule has 0 unspecified atom stereocenters. The molecule has 2 rings (SSSR count). The quantitative estimate of drug-likeness (QED) is 0.590. The van der Waals surface area contributed by atoms with Gasteiger partial charge in [-0.25, -0.2) is 4.98 Å². The number of nitrogens with one attached hydrogen (secondary N) is 2. The standard InChI is InChI=1S/C13H17N5O2S/c1-9-7-11(19)17-13(16-9)21-8-12(20)14-5-3-10-4-6-15-18(10)2/h4,6-7H,3,5,8H2,1-2H3,(H,14,20)(H,16,17,19). The van der Waals surface area contributed by atoms with Gasteiger partial charge in [0, 0.05) is 43.7 Å². The summed E-state index contributed by atoms with van der Waals surface area (Å²) in [4.78, 5) is 29.7. The smallest absolute Gasteiger partial charge is 0.251 e. The third kappa shape index (κ3) is 4.75. The molecular weight excluding hydrogens is 290 g/mol. The summed E-state index contributed by atoms with van der Waals surface area (Å²) in [5.41, 5.74) is 1.49. The first-order valence-electron chi connectivity index (χ1n) is 6.49. The van der Waals surface area contributed by atoms with Crippen molar-refractivity contribution in [2.24, 2.45) is 7.05 Å². The maximum Gasteiger partial charge on any atom is 0.251 e. The van der Waals surface area contributed by atoms with Gasteiger partial charge in [0.25, 0.3) is 5.56 Å². The number of nitrogens with zero attached hydrogens (tertiary/aromatic N) is 3. The number of hydrogen-bond donors (Lipinski definition) is 2. The second-order valence-electron chi connectivity index (χ2n) is 4.53. The molecule has 0 aliphatic rings. The van der Waals surface area contributed by atoms with Gasteiger partial charge in [-0.2, -0.15) is 5.10 Å². The van der Waals surface area contributed by atoms with E-state index in [-0.39, 0.29) is 17.2 Å². The molecule has 112 valence electrons. The highest BCUT2D eigenvalue weighted by molar-refractivity contribution is 7.99. The molecular formula is C13H17N5O2S. The van der Waals surface area contributed by atoms with Gasteiger partial charge in [-0.15, -0.1) is 0 Å². The fraction of sp³-hybridized carbons (Fsp3) is 0.385. The molecule has 2 aromatic rings. The molecule has 0 saturated heterocycles. The monoisotopic (exact) mass is 307 g/mol. The highest BCUT2D eigenvalue weighted by atomic mass is 32.2. The Morgan fingerprint density at radius 3 is 3.00 bits per heavy atom. The lowest BCUT2D eigenvalue weighted by molar-refractivity contribution is -0.118. The molecule has 0 fully saturated rings. The average molecular weight is 307 g/mol. The van der Waals surface area contributed by atoms with Crippen LogP contribution in [-0.2, 0) is 18.3 Å². The Bertz CT molecular complexity index is 679. The summed E-state index contributed by atoms with van der Waals surface area (Å²) in [7, 11) is 1.87. The minimum Gasteiger partial charge on any atom is -0.355 e. The maximum atomic E-state index is 11.7. The average Bonchev–Trinajstić information content (AvgIpc) is 2.81. The van der Waals surface area contributed by atoms with Crippen molar-refractivity contribution in [2.45, 2.75) is 18.5 Å². The summed E-state index contributed by atoms with van der Waals surface area (Å²) >= 11 is 1.21. The second-order valence-corrected chi connectivity index (χ2v) is 5.49. The molecule has 0 aliphatic carbocycles. The number of amides is 1. The van der Waals surface area contributed by atoms with Gasteiger partial charge in [0.05, 0.1) is 5.75 Å². The fourth-order valence-electron chi connectivity index (χ4n) is 1.78. The zero-order valence-electron chi connectivity index (χ0n) is 11.9. The normalized spacial score (nSPS) is 10.6. The molecule has 2 aromatic heterocycles. The van der Waals surface area contributed by atoms with Gasteiger partial charge in [-0.1, -0.05) is 11.8 Å². The van der Waals surface area contributed by atoms with Crippen molar-refractivity contribution in [1.82, 2.24) is 25.1 Å². The highest BCUT2D eigenvalue weighted by Crippen LogP contribution is 2.10. The van der Waals surface area contributed by atoms with Crippen molar-refractivity contribution < 1.29 is 4.79 Å². The van der Waals surface area contributed by atoms with E-state index in [4.69, 9.17) is 0 Å². The van der Waals surface area contributed by atoms with Crippen LogP contribution in [0.4, 0.5) is 0 Å². The number of carbonyl (C=O) groups is 1. The molecule has 2 N–H and O–H groups in total. The van der Waals surface area contributed by atoms with E-state index < -0.39 is 0 Å². The molecule has 0 aromatic carbocycles. The number of thioether (sulfide) groups is 1. The minimum atomic E-state index is -0.207. The number of aromatic nitrogens is 4. The van der Waals surface area contributed by atoms with Crippen molar-refractivity contribution >= 4 is 17.7 Å². The first-order chi connectivity index (χ1) is 10.0. The Kier molecular flexibility index (Phi) is 5.15. The van der Waals surface area contributed by atoms with Crippen LogP contribution in [0.15, 0.2) is 28.3 Å². The van der Waals surface area contributed by atoms with E-state index in [9.17, 15) is 9.59 Å². The predicted octanol–water partition coefficient (Wildman–Crippen LogP) is 0.263. The molecule has 2 heterocycles. The first kappa shape index (κ1) is 15.3. The minimum absolute atomic E-state index is 0.0914. The number of carbonyl (C=O) groups excluding carboxylic acids is 1. The van der Waals surface area contributed by atoms with Gasteiger partial charge in [0.1, 0.15) is 0 Å². The van der Waals surface area contributed by atoms with Crippen LogP contribution >= 0.6 is 11.8 Å². The molecule has 0 radical (unpaired) electrons. The van der Waals surface area contributed by atoms with Crippen molar-refractivity contribution in [1.29, 1.82) is 0 Å². The molecule has 8 heteroatoms. The summed E-state index contributed by atoms with van der Waals surface area (Å²) in [5.74, 6) is 0.129. The summed E-state index contributed by atoms with van der Waals surface area (Å²) in [6, 6.07) is 3.33. The summed E-state index contributed by atoms with van der Waals surface area (Å²) in [5, 5.41) is 7.35. The van der Waals surface area contributed by atoms with Crippen molar-refractivity contribution in [3.63, 3.8) is 0 Å². The zero-order chi connectivity index (χ0) is 15.2. The molecule has 0 aliphatic heterocycles. The largest absolute Gasteiger partial charge is 0.355 e. The SMILES string of the molecule is Cc1cc(=O)[nH]c(SCC(=O)NCCc2ccnn2C)n1. The van der Waals surface area contributed by atoms with E-state index in [0.717, 1.165) is 12.1 Å². The van der Waals surface area contributed by atoms with Crippen LogP contribution in [0.25, 0.3) is 0 Å². The van der Waals surface area contributed by atoms with Gasteiger partial charge in [-0.05, 0) is 13.0 Å². The van der Waals surface area contributed by atoms with Crippen molar-refractivity contribution in [2.75, 3.05) is 12.3 Å². The third-order valence-electron chi connectivity index (χ3n) is 2.81. The van der Waals surface area contributed by atoms with E-state index in [1.807, 2.05) is 13.1 Å². The number of H-pyrrole nitrogens is 1. The van der Waals surface area contributed by atoms with Crippen LogP contribution in [0.3, 0.4) is 0 Å². The predicted molar refractivity (Wildman–Crippen MR) is 80.2 cm³/mol. The van der Waals surface area contributed by atoms with Gasteiger partial charge in [-0.3, -0.25) is 14.3 Å². The van der Waals surface area contributed by atoms with E-state index in [0.29, 0.717) is 17.4 Å². The summed E-state index contributed by atoms with van der Waals surface area (Å²) in [6.07, 6.45) is 2.46. The summed E-state index contributed by atoms with van der Waals surface area (Å²) in [6.45, 7) is 2.30. The van der Waals surface area contributed by atoms with Crippen LogP contribution in [0.2, 0.25) is 0 Å². The lowest BCUT2D eigenvalue weighted by Crippen LogP contribution is -2.28. The number of rotatable bonds is 6. The molecule has 0 saturated carbocycles. The van der Waals surface area contributed by atoms with E-state index in [1.54, 1.807) is 17.8 Å². The Balaban J connectivity index is 1.75. The third-order valence-corrected chi connectivity index (χ3v) is 3.69. The zero-order valence-corrected chi connectivity index (χ0v) is 12.7. The van der Waals surface area contributed by atoms with Gasteiger partial charge < -0.3 is 10.3 Å². The van der Waals surface area contributed by atoms with Gasteiger partial charge >= 0.3 is 0 Å². The molecule has 7 nitrogen and oxygen atoms in total. The van der Waals surface area contributed by atoms with Crippen LogP contribution in [0.1, 0.15) is 11.4 Å². The Hall–Kier alpha value is -2.09.